The summed E-state index contributed by atoms with van der Waals surface area (Å²) in [6, 6.07) is 9.41. The summed E-state index contributed by atoms with van der Waals surface area (Å²) in [5, 5.41) is 10.7. The van der Waals surface area contributed by atoms with Crippen LogP contribution in [0, 0.1) is 0 Å². The highest BCUT2D eigenvalue weighted by Crippen LogP contribution is 2.22. The first-order valence-corrected chi connectivity index (χ1v) is 7.16. The zero-order valence-electron chi connectivity index (χ0n) is 12.4. The molecule has 0 atom stereocenters. The fraction of sp³-hybridized carbons (Fsp3) is 0.333. The second kappa shape index (κ2) is 6.63. The molecule has 5 nitrogen and oxygen atoms in total. The van der Waals surface area contributed by atoms with Crippen LogP contribution in [0.3, 0.4) is 0 Å². The van der Waals surface area contributed by atoms with Crippen molar-refractivity contribution in [1.29, 1.82) is 0 Å². The minimum Gasteiger partial charge on any atom is -0.336 e. The molecule has 0 saturated carbocycles. The lowest BCUT2D eigenvalue weighted by Gasteiger charge is -2.09. The van der Waals surface area contributed by atoms with Gasteiger partial charge in [0, 0.05) is 23.7 Å². The smallest absolute Gasteiger partial charge is 0.315 e. The number of aromatic nitrogens is 2. The highest BCUT2D eigenvalue weighted by atomic mass is 35.5. The highest BCUT2D eigenvalue weighted by molar-refractivity contribution is 6.30. The van der Waals surface area contributed by atoms with Crippen LogP contribution in [0.15, 0.2) is 30.3 Å². The number of nitrogens with zero attached hydrogens (tertiary/aromatic N) is 2. The molecule has 6 heteroatoms. The summed E-state index contributed by atoms with van der Waals surface area (Å²) in [6.45, 7) is 4.25. The lowest BCUT2D eigenvalue weighted by Crippen LogP contribution is -2.39. The van der Waals surface area contributed by atoms with Crippen LogP contribution in [0.25, 0.3) is 11.3 Å². The van der Waals surface area contributed by atoms with Crippen LogP contribution in [-0.2, 0) is 13.6 Å². The van der Waals surface area contributed by atoms with Gasteiger partial charge in [0.25, 0.3) is 0 Å². The average molecular weight is 307 g/mol. The Hall–Kier alpha value is -2.01. The molecular formula is C15H19ClN4O. The number of aryl methyl sites for hydroxylation is 1. The van der Waals surface area contributed by atoms with Gasteiger partial charge >= 0.3 is 6.03 Å². The topological polar surface area (TPSA) is 59.0 Å². The van der Waals surface area contributed by atoms with Crippen LogP contribution in [0.2, 0.25) is 5.02 Å². The van der Waals surface area contributed by atoms with E-state index in [1.165, 1.54) is 0 Å². The van der Waals surface area contributed by atoms with Gasteiger partial charge in [0.1, 0.15) is 0 Å². The zero-order chi connectivity index (χ0) is 15.4. The predicted molar refractivity (Wildman–Crippen MR) is 84.2 cm³/mol. The molecule has 2 amide bonds. The molecule has 1 aromatic heterocycles. The molecule has 0 radical (unpaired) electrons. The molecule has 2 rings (SSSR count). The Morgan fingerprint density at radius 1 is 1.38 bits per heavy atom. The van der Waals surface area contributed by atoms with Crippen molar-refractivity contribution in [2.75, 3.05) is 0 Å². The zero-order valence-corrected chi connectivity index (χ0v) is 13.1. The Morgan fingerprint density at radius 2 is 2.14 bits per heavy atom. The van der Waals surface area contributed by atoms with Crippen LogP contribution in [0.1, 0.15) is 19.5 Å². The van der Waals surface area contributed by atoms with E-state index >= 15 is 0 Å². The first-order chi connectivity index (χ1) is 9.95. The van der Waals surface area contributed by atoms with Crippen molar-refractivity contribution in [3.63, 3.8) is 0 Å². The minimum atomic E-state index is -0.185. The third-order valence-electron chi connectivity index (χ3n) is 2.95. The molecule has 0 saturated heterocycles. The lowest BCUT2D eigenvalue weighted by atomic mass is 10.1. The number of urea groups is 1. The number of halogens is 1. The van der Waals surface area contributed by atoms with Gasteiger partial charge in [-0.05, 0) is 32.0 Å². The van der Waals surface area contributed by atoms with Gasteiger partial charge in [-0.3, -0.25) is 4.68 Å². The monoisotopic (exact) mass is 306 g/mol. The largest absolute Gasteiger partial charge is 0.336 e. The van der Waals surface area contributed by atoms with Gasteiger partial charge in [0.15, 0.2) is 0 Å². The molecule has 2 aromatic rings. The van der Waals surface area contributed by atoms with Crippen molar-refractivity contribution in [3.8, 4) is 11.3 Å². The van der Waals surface area contributed by atoms with Gasteiger partial charge in [-0.25, -0.2) is 4.79 Å². The van der Waals surface area contributed by atoms with E-state index in [1.54, 1.807) is 4.68 Å². The van der Waals surface area contributed by atoms with E-state index in [0.717, 1.165) is 17.0 Å². The van der Waals surface area contributed by atoms with Crippen molar-refractivity contribution >= 4 is 17.6 Å². The van der Waals surface area contributed by atoms with Gasteiger partial charge in [-0.2, -0.15) is 5.10 Å². The molecule has 0 aliphatic carbocycles. The molecule has 0 aliphatic rings. The van der Waals surface area contributed by atoms with E-state index in [-0.39, 0.29) is 12.1 Å². The molecular weight excluding hydrogens is 288 g/mol. The summed E-state index contributed by atoms with van der Waals surface area (Å²) in [6.07, 6.45) is 0. The third-order valence-corrected chi connectivity index (χ3v) is 3.18. The molecule has 0 bridgehead atoms. The second-order valence-corrected chi connectivity index (χ2v) is 5.57. The number of hydrogen-bond donors (Lipinski definition) is 2. The quantitative estimate of drug-likeness (QED) is 0.912. The molecule has 0 aliphatic heterocycles. The summed E-state index contributed by atoms with van der Waals surface area (Å²) in [7, 11) is 1.85. The van der Waals surface area contributed by atoms with E-state index in [1.807, 2.05) is 51.2 Å². The van der Waals surface area contributed by atoms with Crippen LogP contribution in [0.5, 0.6) is 0 Å². The summed E-state index contributed by atoms with van der Waals surface area (Å²) in [5.41, 5.74) is 2.71. The van der Waals surface area contributed by atoms with Gasteiger partial charge in [-0.1, -0.05) is 23.7 Å². The number of benzene rings is 1. The number of nitrogens with one attached hydrogen (secondary N) is 2. The van der Waals surface area contributed by atoms with E-state index in [0.29, 0.717) is 11.6 Å². The number of carbonyl (C=O) groups is 1. The Morgan fingerprint density at radius 3 is 2.81 bits per heavy atom. The predicted octanol–water partition coefficient (Wildman–Crippen LogP) is 2.95. The van der Waals surface area contributed by atoms with Gasteiger partial charge in [-0.15, -0.1) is 0 Å². The number of hydrogen-bond acceptors (Lipinski definition) is 2. The second-order valence-electron chi connectivity index (χ2n) is 5.14. The molecule has 0 fully saturated rings. The van der Waals surface area contributed by atoms with Crippen molar-refractivity contribution in [3.05, 3.63) is 41.0 Å². The van der Waals surface area contributed by atoms with Crippen LogP contribution < -0.4 is 10.6 Å². The van der Waals surface area contributed by atoms with E-state index in [9.17, 15) is 4.79 Å². The molecule has 0 spiro atoms. The third kappa shape index (κ3) is 4.23. The van der Waals surface area contributed by atoms with Crippen molar-refractivity contribution in [2.24, 2.45) is 7.05 Å². The van der Waals surface area contributed by atoms with Crippen LogP contribution in [0.4, 0.5) is 4.79 Å². The van der Waals surface area contributed by atoms with E-state index < -0.39 is 0 Å². The fourth-order valence-corrected chi connectivity index (χ4v) is 2.13. The van der Waals surface area contributed by atoms with E-state index in [4.69, 9.17) is 11.6 Å². The summed E-state index contributed by atoms with van der Waals surface area (Å²) in [5.74, 6) is 0. The fourth-order valence-electron chi connectivity index (χ4n) is 1.94. The summed E-state index contributed by atoms with van der Waals surface area (Å²) >= 11 is 5.99. The maximum atomic E-state index is 11.6. The summed E-state index contributed by atoms with van der Waals surface area (Å²) < 4.78 is 1.76. The lowest BCUT2D eigenvalue weighted by molar-refractivity contribution is 0.238. The Kier molecular flexibility index (Phi) is 4.85. The van der Waals surface area contributed by atoms with Gasteiger partial charge < -0.3 is 10.6 Å². The van der Waals surface area contributed by atoms with Gasteiger partial charge in [0.2, 0.25) is 0 Å². The maximum absolute atomic E-state index is 11.6. The molecule has 1 aromatic carbocycles. The van der Waals surface area contributed by atoms with Gasteiger partial charge in [0.05, 0.1) is 17.9 Å². The Bertz CT molecular complexity index is 636. The Labute approximate surface area is 129 Å². The van der Waals surface area contributed by atoms with Crippen molar-refractivity contribution < 1.29 is 4.79 Å². The number of carbonyl (C=O) groups excluding carboxylic acids is 1. The SMILES string of the molecule is CC(C)NC(=O)NCc1cc(-c2cccc(Cl)c2)nn1C. The summed E-state index contributed by atoms with van der Waals surface area (Å²) in [4.78, 5) is 11.6. The molecule has 0 unspecified atom stereocenters. The van der Waals surface area contributed by atoms with Crippen LogP contribution >= 0.6 is 11.6 Å². The number of amides is 2. The van der Waals surface area contributed by atoms with Crippen LogP contribution in [-0.4, -0.2) is 21.9 Å². The molecule has 21 heavy (non-hydrogen) atoms. The Balaban J connectivity index is 2.07. The first-order valence-electron chi connectivity index (χ1n) is 6.79. The molecule has 1 heterocycles. The highest BCUT2D eigenvalue weighted by Gasteiger charge is 2.09. The van der Waals surface area contributed by atoms with E-state index in [2.05, 4.69) is 15.7 Å². The standard InChI is InChI=1S/C15H19ClN4O/c1-10(2)18-15(21)17-9-13-8-14(19-20(13)3)11-5-4-6-12(16)7-11/h4-8,10H,9H2,1-3H3,(H2,17,18,21). The first kappa shape index (κ1) is 15.4. The average Bonchev–Trinajstić information content (AvgIpc) is 2.77. The normalized spacial score (nSPS) is 10.7. The number of rotatable bonds is 4. The molecule has 2 N–H and O–H groups in total. The maximum Gasteiger partial charge on any atom is 0.315 e. The van der Waals surface area contributed by atoms with Crippen molar-refractivity contribution in [1.82, 2.24) is 20.4 Å². The molecule has 112 valence electrons. The van der Waals surface area contributed by atoms with Crippen molar-refractivity contribution in [2.45, 2.75) is 26.4 Å². The minimum absolute atomic E-state index is 0.110.